The van der Waals surface area contributed by atoms with E-state index in [4.69, 9.17) is 11.6 Å². The lowest BCUT2D eigenvalue weighted by Gasteiger charge is -2.30. The Balaban J connectivity index is 1.43. The van der Waals surface area contributed by atoms with Gasteiger partial charge in [-0.2, -0.15) is 4.31 Å². The quantitative estimate of drug-likeness (QED) is 0.324. The highest BCUT2D eigenvalue weighted by Crippen LogP contribution is 2.26. The van der Waals surface area contributed by atoms with Crippen LogP contribution in [-0.4, -0.2) is 41.7 Å². The Morgan fingerprint density at radius 2 is 2.00 bits per heavy atom. The first-order valence-corrected chi connectivity index (χ1v) is 14.1. The monoisotopic (exact) mass is 530 g/mol. The van der Waals surface area contributed by atoms with Gasteiger partial charge in [0.05, 0.1) is 16.1 Å². The molecule has 4 rings (SSSR count). The van der Waals surface area contributed by atoms with Gasteiger partial charge < -0.3 is 5.32 Å². The summed E-state index contributed by atoms with van der Waals surface area (Å²) >= 11 is 7.61. The molecule has 1 amide bonds. The van der Waals surface area contributed by atoms with Crippen molar-refractivity contribution in [1.82, 2.24) is 14.3 Å². The van der Waals surface area contributed by atoms with Crippen LogP contribution in [0.25, 0.3) is 0 Å². The summed E-state index contributed by atoms with van der Waals surface area (Å²) in [4.78, 5) is 21.6. The van der Waals surface area contributed by atoms with E-state index in [2.05, 4.69) is 28.3 Å². The lowest BCUT2D eigenvalue weighted by molar-refractivity contribution is 0.102. The van der Waals surface area contributed by atoms with E-state index in [1.165, 1.54) is 40.0 Å². The topological polar surface area (TPSA) is 92.3 Å². The number of carbonyl (C=O) groups is 1. The minimum atomic E-state index is -3.56. The van der Waals surface area contributed by atoms with Gasteiger partial charge in [-0.05, 0) is 55.5 Å². The van der Waals surface area contributed by atoms with E-state index in [0.717, 1.165) is 18.4 Å². The first kappa shape index (κ1) is 25.6. The number of halogens is 1. The van der Waals surface area contributed by atoms with Crippen LogP contribution < -0.4 is 5.32 Å². The standard InChI is InChI=1S/C25H27ClN4O3S2/c1-17-5-3-7-19(13-17)16-34-25-27-14-22(26)23(29-25)24(31)28-20-8-10-21(11-9-20)35(32,33)30-12-4-6-18(2)15-30/h3,5,7-11,13-14,18H,4,6,12,15-16H2,1-2H3,(H,28,31). The van der Waals surface area contributed by atoms with Gasteiger partial charge in [0, 0.05) is 24.5 Å². The maximum Gasteiger partial charge on any atom is 0.275 e. The molecule has 1 fully saturated rings. The van der Waals surface area contributed by atoms with Crippen LogP contribution in [0.4, 0.5) is 5.69 Å². The number of hydrogen-bond donors (Lipinski definition) is 1. The summed E-state index contributed by atoms with van der Waals surface area (Å²) in [6, 6.07) is 14.3. The molecule has 0 radical (unpaired) electrons. The number of aryl methyl sites for hydroxylation is 1. The van der Waals surface area contributed by atoms with Crippen LogP contribution in [0.5, 0.6) is 0 Å². The Morgan fingerprint density at radius 3 is 2.71 bits per heavy atom. The summed E-state index contributed by atoms with van der Waals surface area (Å²) in [5, 5.41) is 3.32. The van der Waals surface area contributed by atoms with Crippen molar-refractivity contribution in [3.63, 3.8) is 0 Å². The predicted molar refractivity (Wildman–Crippen MR) is 139 cm³/mol. The predicted octanol–water partition coefficient (Wildman–Crippen LogP) is 5.40. The van der Waals surface area contributed by atoms with E-state index in [1.54, 1.807) is 12.1 Å². The summed E-state index contributed by atoms with van der Waals surface area (Å²) < 4.78 is 27.4. The number of nitrogens with one attached hydrogen (secondary N) is 1. The van der Waals surface area contributed by atoms with Crippen molar-refractivity contribution >= 4 is 45.0 Å². The van der Waals surface area contributed by atoms with Crippen LogP contribution in [0.1, 0.15) is 41.4 Å². The molecular weight excluding hydrogens is 504 g/mol. The largest absolute Gasteiger partial charge is 0.321 e. The molecule has 35 heavy (non-hydrogen) atoms. The Kier molecular flexibility index (Phi) is 8.11. The maximum atomic E-state index is 13.0. The van der Waals surface area contributed by atoms with Gasteiger partial charge in [0.15, 0.2) is 10.9 Å². The molecule has 2 heterocycles. The minimum absolute atomic E-state index is 0.0624. The highest BCUT2D eigenvalue weighted by Gasteiger charge is 2.28. The average Bonchev–Trinajstić information content (AvgIpc) is 2.84. The van der Waals surface area contributed by atoms with Gasteiger partial charge in [0.2, 0.25) is 10.0 Å². The fourth-order valence-corrected chi connectivity index (χ4v) is 6.48. The second-order valence-electron chi connectivity index (χ2n) is 8.72. The maximum absolute atomic E-state index is 13.0. The Morgan fingerprint density at radius 1 is 1.23 bits per heavy atom. The van der Waals surface area contributed by atoms with E-state index < -0.39 is 15.9 Å². The third-order valence-electron chi connectivity index (χ3n) is 5.76. The summed E-state index contributed by atoms with van der Waals surface area (Å²) in [7, 11) is -3.56. The van der Waals surface area contributed by atoms with Gasteiger partial charge in [-0.1, -0.05) is 60.1 Å². The first-order chi connectivity index (χ1) is 16.7. The third-order valence-corrected chi connectivity index (χ3v) is 8.85. The van der Waals surface area contributed by atoms with Crippen LogP contribution in [-0.2, 0) is 15.8 Å². The molecule has 1 unspecified atom stereocenters. The van der Waals surface area contributed by atoms with E-state index in [9.17, 15) is 13.2 Å². The molecule has 1 aromatic heterocycles. The van der Waals surface area contributed by atoms with Crippen LogP contribution in [0, 0.1) is 12.8 Å². The Hall–Kier alpha value is -2.46. The van der Waals surface area contributed by atoms with Gasteiger partial charge >= 0.3 is 0 Å². The van der Waals surface area contributed by atoms with Crippen molar-refractivity contribution in [2.24, 2.45) is 5.92 Å². The molecule has 1 aliphatic rings. The number of aromatic nitrogens is 2. The van der Waals surface area contributed by atoms with Crippen molar-refractivity contribution in [3.8, 4) is 0 Å². The number of carbonyl (C=O) groups excluding carboxylic acids is 1. The molecule has 1 atom stereocenters. The fourth-order valence-electron chi connectivity index (χ4n) is 3.94. The molecule has 3 aromatic rings. The SMILES string of the molecule is Cc1cccc(CSc2ncc(Cl)c(C(=O)Nc3ccc(S(=O)(=O)N4CCCC(C)C4)cc3)n2)c1. The lowest BCUT2D eigenvalue weighted by Crippen LogP contribution is -2.39. The van der Waals surface area contributed by atoms with Gasteiger partial charge in [0.25, 0.3) is 5.91 Å². The fraction of sp³-hybridized carbons (Fsp3) is 0.320. The molecular formula is C25H27ClN4O3S2. The van der Waals surface area contributed by atoms with E-state index in [-0.39, 0.29) is 15.6 Å². The van der Waals surface area contributed by atoms with Crippen molar-refractivity contribution < 1.29 is 13.2 Å². The number of thioether (sulfide) groups is 1. The number of anilines is 1. The molecule has 1 saturated heterocycles. The number of benzene rings is 2. The average molecular weight is 531 g/mol. The smallest absolute Gasteiger partial charge is 0.275 e. The van der Waals surface area contributed by atoms with Gasteiger partial charge in [-0.3, -0.25) is 4.79 Å². The molecule has 0 bridgehead atoms. The van der Waals surface area contributed by atoms with Crippen LogP contribution in [0.2, 0.25) is 5.02 Å². The summed E-state index contributed by atoms with van der Waals surface area (Å²) in [6.45, 7) is 5.15. The Labute approximate surface area is 215 Å². The molecule has 0 saturated carbocycles. The highest BCUT2D eigenvalue weighted by atomic mass is 35.5. The highest BCUT2D eigenvalue weighted by molar-refractivity contribution is 7.98. The number of sulfonamides is 1. The zero-order valence-corrected chi connectivity index (χ0v) is 22.0. The minimum Gasteiger partial charge on any atom is -0.321 e. The molecule has 10 heteroatoms. The molecule has 2 aromatic carbocycles. The second-order valence-corrected chi connectivity index (χ2v) is 12.0. The molecule has 0 aliphatic carbocycles. The van der Waals surface area contributed by atoms with E-state index >= 15 is 0 Å². The molecule has 184 valence electrons. The zero-order chi connectivity index (χ0) is 25.0. The second kappa shape index (κ2) is 11.1. The van der Waals surface area contributed by atoms with Gasteiger partial charge in [0.1, 0.15) is 0 Å². The van der Waals surface area contributed by atoms with Crippen LogP contribution in [0.15, 0.2) is 64.8 Å². The number of rotatable bonds is 7. The van der Waals surface area contributed by atoms with E-state index in [0.29, 0.717) is 35.6 Å². The summed E-state index contributed by atoms with van der Waals surface area (Å²) in [5.74, 6) is 0.514. The number of amides is 1. The first-order valence-electron chi connectivity index (χ1n) is 11.3. The number of piperidine rings is 1. The summed E-state index contributed by atoms with van der Waals surface area (Å²) in [5.41, 5.74) is 2.81. The molecule has 7 nitrogen and oxygen atoms in total. The van der Waals surface area contributed by atoms with Crippen molar-refractivity contribution in [3.05, 3.63) is 76.6 Å². The Bertz CT molecular complexity index is 1320. The molecule has 1 aliphatic heterocycles. The third kappa shape index (κ3) is 6.41. The van der Waals surface area contributed by atoms with Gasteiger partial charge in [-0.15, -0.1) is 0 Å². The normalized spacial score (nSPS) is 16.7. The van der Waals surface area contributed by atoms with Crippen molar-refractivity contribution in [2.45, 2.75) is 42.5 Å². The number of hydrogen-bond acceptors (Lipinski definition) is 6. The zero-order valence-electron chi connectivity index (χ0n) is 19.6. The van der Waals surface area contributed by atoms with Crippen LogP contribution >= 0.6 is 23.4 Å². The van der Waals surface area contributed by atoms with Crippen molar-refractivity contribution in [2.75, 3.05) is 18.4 Å². The molecule has 1 N–H and O–H groups in total. The number of nitrogens with zero attached hydrogens (tertiary/aromatic N) is 3. The van der Waals surface area contributed by atoms with Crippen molar-refractivity contribution in [1.29, 1.82) is 0 Å². The summed E-state index contributed by atoms with van der Waals surface area (Å²) in [6.07, 6.45) is 3.31. The lowest BCUT2D eigenvalue weighted by atomic mass is 10.0. The van der Waals surface area contributed by atoms with Gasteiger partial charge in [-0.25, -0.2) is 18.4 Å². The van der Waals surface area contributed by atoms with E-state index in [1.807, 2.05) is 25.1 Å². The molecule has 0 spiro atoms. The van der Waals surface area contributed by atoms with Crippen LogP contribution in [0.3, 0.4) is 0 Å².